The fourth-order valence-corrected chi connectivity index (χ4v) is 3.82. The highest BCUT2D eigenvalue weighted by Gasteiger charge is 2.26. The van der Waals surface area contributed by atoms with Crippen LogP contribution in [0.15, 0.2) is 78.9 Å². The van der Waals surface area contributed by atoms with Crippen LogP contribution in [0.3, 0.4) is 0 Å². The molecule has 0 bridgehead atoms. The summed E-state index contributed by atoms with van der Waals surface area (Å²) in [6.45, 7) is 3.31. The van der Waals surface area contributed by atoms with E-state index in [-0.39, 0.29) is 11.9 Å². The standard InChI is InChI=1S/C24H24N2O/c1-18-11-13-21(14-12-18)24(20-8-3-2-4-9-20)25-17-23(27)26-16-15-19-7-5-6-10-22(19)26/h2-14,24-25H,15-17H2,1H3/p+1/t24-/m1/s1. The van der Waals surface area contributed by atoms with Crippen molar-refractivity contribution in [2.45, 2.75) is 19.4 Å². The van der Waals surface area contributed by atoms with Crippen molar-refractivity contribution < 1.29 is 10.1 Å². The molecule has 0 fully saturated rings. The Labute approximate surface area is 160 Å². The van der Waals surface area contributed by atoms with Gasteiger partial charge in [-0.3, -0.25) is 4.79 Å². The molecule has 0 spiro atoms. The minimum Gasteiger partial charge on any atom is -0.328 e. The molecule has 0 radical (unpaired) electrons. The Kier molecular flexibility index (Phi) is 5.03. The molecule has 1 atom stereocenters. The van der Waals surface area contributed by atoms with Gasteiger partial charge in [-0.15, -0.1) is 0 Å². The number of anilines is 1. The molecule has 3 heteroatoms. The van der Waals surface area contributed by atoms with Gasteiger partial charge in [0.1, 0.15) is 6.04 Å². The van der Waals surface area contributed by atoms with Gasteiger partial charge in [0.15, 0.2) is 6.54 Å². The molecule has 1 aliphatic rings. The lowest BCUT2D eigenvalue weighted by atomic mass is 9.98. The minimum atomic E-state index is 0.119. The summed E-state index contributed by atoms with van der Waals surface area (Å²) < 4.78 is 0. The van der Waals surface area contributed by atoms with Gasteiger partial charge in [-0.1, -0.05) is 78.4 Å². The zero-order valence-electron chi connectivity index (χ0n) is 15.6. The maximum absolute atomic E-state index is 12.9. The van der Waals surface area contributed by atoms with Gasteiger partial charge in [0.2, 0.25) is 0 Å². The fraction of sp³-hybridized carbons (Fsp3) is 0.208. The molecule has 0 saturated heterocycles. The van der Waals surface area contributed by atoms with E-state index >= 15 is 0 Å². The number of rotatable bonds is 5. The van der Waals surface area contributed by atoms with Crippen LogP contribution in [0.1, 0.15) is 28.3 Å². The van der Waals surface area contributed by atoms with Gasteiger partial charge in [-0.05, 0) is 25.0 Å². The molecule has 1 aliphatic heterocycles. The molecule has 0 saturated carbocycles. The number of fused-ring (bicyclic) bond motifs is 1. The van der Waals surface area contributed by atoms with Crippen molar-refractivity contribution in [1.82, 2.24) is 0 Å². The van der Waals surface area contributed by atoms with E-state index in [1.54, 1.807) is 0 Å². The first-order chi connectivity index (χ1) is 13.2. The first kappa shape index (κ1) is 17.5. The van der Waals surface area contributed by atoms with E-state index in [4.69, 9.17) is 0 Å². The quantitative estimate of drug-likeness (QED) is 0.748. The van der Waals surface area contributed by atoms with E-state index < -0.39 is 0 Å². The van der Waals surface area contributed by atoms with E-state index in [1.807, 2.05) is 23.1 Å². The molecular weight excluding hydrogens is 332 g/mol. The number of para-hydroxylation sites is 1. The lowest BCUT2D eigenvalue weighted by molar-refractivity contribution is -0.676. The lowest BCUT2D eigenvalue weighted by Gasteiger charge is -2.20. The van der Waals surface area contributed by atoms with E-state index in [0.717, 1.165) is 18.7 Å². The largest absolute Gasteiger partial charge is 0.328 e. The molecular formula is C24H25N2O+. The summed E-state index contributed by atoms with van der Waals surface area (Å²) in [7, 11) is 0. The SMILES string of the molecule is Cc1ccc([C@H]([NH2+]CC(=O)N2CCc3ccccc32)c2ccccc2)cc1. The molecule has 1 amide bonds. The van der Waals surface area contributed by atoms with Crippen LogP contribution >= 0.6 is 0 Å². The summed E-state index contributed by atoms with van der Waals surface area (Å²) in [5, 5.41) is 2.16. The number of benzene rings is 3. The smallest absolute Gasteiger partial charge is 0.282 e. The number of aryl methyl sites for hydroxylation is 1. The molecule has 27 heavy (non-hydrogen) atoms. The van der Waals surface area contributed by atoms with Gasteiger partial charge in [0.05, 0.1) is 0 Å². The lowest BCUT2D eigenvalue weighted by Crippen LogP contribution is -2.87. The Morgan fingerprint density at radius 1 is 0.926 bits per heavy atom. The third-order valence-corrected chi connectivity index (χ3v) is 5.31. The number of quaternary nitrogens is 1. The highest BCUT2D eigenvalue weighted by atomic mass is 16.2. The summed E-state index contributed by atoms with van der Waals surface area (Å²) in [5.41, 5.74) is 6.03. The van der Waals surface area contributed by atoms with Crippen LogP contribution in [-0.4, -0.2) is 19.0 Å². The molecule has 3 aromatic rings. The van der Waals surface area contributed by atoms with Crippen LogP contribution in [0.5, 0.6) is 0 Å². The molecule has 3 nitrogen and oxygen atoms in total. The third-order valence-electron chi connectivity index (χ3n) is 5.31. The summed E-state index contributed by atoms with van der Waals surface area (Å²) in [5.74, 6) is 0.174. The second-order valence-corrected chi connectivity index (χ2v) is 7.16. The number of nitrogens with zero attached hydrogens (tertiary/aromatic N) is 1. The molecule has 3 aromatic carbocycles. The number of carbonyl (C=O) groups excluding carboxylic acids is 1. The molecule has 136 valence electrons. The van der Waals surface area contributed by atoms with Crippen LogP contribution in [0.4, 0.5) is 5.69 Å². The number of carbonyl (C=O) groups is 1. The number of nitrogens with two attached hydrogens (primary N) is 1. The highest BCUT2D eigenvalue weighted by Crippen LogP contribution is 2.27. The normalized spacial score (nSPS) is 14.0. The average Bonchev–Trinajstić information content (AvgIpc) is 3.14. The van der Waals surface area contributed by atoms with Gasteiger partial charge in [0.25, 0.3) is 5.91 Å². The zero-order chi connectivity index (χ0) is 18.6. The summed E-state index contributed by atoms with van der Waals surface area (Å²) >= 11 is 0. The number of amides is 1. The maximum Gasteiger partial charge on any atom is 0.282 e. The van der Waals surface area contributed by atoms with Crippen molar-refractivity contribution in [1.29, 1.82) is 0 Å². The second-order valence-electron chi connectivity index (χ2n) is 7.16. The van der Waals surface area contributed by atoms with Crippen molar-refractivity contribution in [3.63, 3.8) is 0 Å². The Morgan fingerprint density at radius 3 is 2.37 bits per heavy atom. The highest BCUT2D eigenvalue weighted by molar-refractivity contribution is 5.96. The predicted octanol–water partition coefficient (Wildman–Crippen LogP) is 3.24. The Hall–Kier alpha value is -2.91. The maximum atomic E-state index is 12.9. The van der Waals surface area contributed by atoms with Gasteiger partial charge >= 0.3 is 0 Å². The molecule has 2 N–H and O–H groups in total. The van der Waals surface area contributed by atoms with Gasteiger partial charge < -0.3 is 10.2 Å². The first-order valence-electron chi connectivity index (χ1n) is 9.55. The Morgan fingerprint density at radius 2 is 1.59 bits per heavy atom. The van der Waals surface area contributed by atoms with Crippen molar-refractivity contribution in [3.05, 3.63) is 101 Å². The third kappa shape index (κ3) is 3.79. The van der Waals surface area contributed by atoms with Gasteiger partial charge in [-0.2, -0.15) is 0 Å². The van der Waals surface area contributed by atoms with Gasteiger partial charge in [-0.25, -0.2) is 0 Å². The van der Waals surface area contributed by atoms with Crippen LogP contribution < -0.4 is 10.2 Å². The molecule has 0 unspecified atom stereocenters. The monoisotopic (exact) mass is 357 g/mol. The number of hydrogen-bond donors (Lipinski definition) is 1. The summed E-state index contributed by atoms with van der Waals surface area (Å²) in [6, 6.07) is 27.4. The first-order valence-corrected chi connectivity index (χ1v) is 9.55. The predicted molar refractivity (Wildman–Crippen MR) is 109 cm³/mol. The molecule has 0 aromatic heterocycles. The molecule has 4 rings (SSSR count). The van der Waals surface area contributed by atoms with Crippen molar-refractivity contribution >= 4 is 11.6 Å². The number of hydrogen-bond acceptors (Lipinski definition) is 1. The second kappa shape index (κ2) is 7.77. The van der Waals surface area contributed by atoms with E-state index in [2.05, 4.69) is 72.9 Å². The Bertz CT molecular complexity index is 919. The van der Waals surface area contributed by atoms with Crippen molar-refractivity contribution in [2.24, 2.45) is 0 Å². The molecule has 0 aliphatic carbocycles. The average molecular weight is 357 g/mol. The molecule has 1 heterocycles. The van der Waals surface area contributed by atoms with Crippen LogP contribution in [0, 0.1) is 6.92 Å². The zero-order valence-corrected chi connectivity index (χ0v) is 15.6. The summed E-state index contributed by atoms with van der Waals surface area (Å²) in [6.07, 6.45) is 0.946. The van der Waals surface area contributed by atoms with E-state index in [9.17, 15) is 4.79 Å². The minimum absolute atomic E-state index is 0.119. The topological polar surface area (TPSA) is 36.9 Å². The fourth-order valence-electron chi connectivity index (χ4n) is 3.82. The van der Waals surface area contributed by atoms with Crippen molar-refractivity contribution in [2.75, 3.05) is 18.0 Å². The Balaban J connectivity index is 1.52. The summed E-state index contributed by atoms with van der Waals surface area (Å²) in [4.78, 5) is 14.9. The van der Waals surface area contributed by atoms with E-state index in [1.165, 1.54) is 22.3 Å². The van der Waals surface area contributed by atoms with Crippen LogP contribution in [0.2, 0.25) is 0 Å². The van der Waals surface area contributed by atoms with E-state index in [0.29, 0.717) is 6.54 Å². The van der Waals surface area contributed by atoms with Gasteiger partial charge in [0, 0.05) is 23.4 Å². The van der Waals surface area contributed by atoms with Crippen LogP contribution in [0.25, 0.3) is 0 Å². The van der Waals surface area contributed by atoms with Crippen molar-refractivity contribution in [3.8, 4) is 0 Å². The van der Waals surface area contributed by atoms with Crippen LogP contribution in [-0.2, 0) is 11.2 Å².